The van der Waals surface area contributed by atoms with Crippen LogP contribution in [0.5, 0.6) is 0 Å². The number of sulfonamides is 1. The van der Waals surface area contributed by atoms with Gasteiger partial charge in [0.2, 0.25) is 5.09 Å². The van der Waals surface area contributed by atoms with E-state index in [1.165, 1.54) is 33.2 Å². The fourth-order valence-corrected chi connectivity index (χ4v) is 2.16. The molecule has 0 aliphatic carbocycles. The summed E-state index contributed by atoms with van der Waals surface area (Å²) in [4.78, 5) is 22.2. The van der Waals surface area contributed by atoms with E-state index in [2.05, 4.69) is 5.32 Å². The second kappa shape index (κ2) is 6.06. The molecule has 1 aromatic rings. The van der Waals surface area contributed by atoms with Crippen LogP contribution in [0.15, 0.2) is 21.6 Å². The topological polar surface area (TPSA) is 117 Å². The van der Waals surface area contributed by atoms with Crippen LogP contribution in [0.3, 0.4) is 0 Å². The quantitative estimate of drug-likeness (QED) is 0.771. The van der Waals surface area contributed by atoms with E-state index in [4.69, 9.17) is 9.52 Å². The lowest BCUT2D eigenvalue weighted by atomic mass is 10.2. The number of nitrogens with one attached hydrogen (secondary N) is 1. The summed E-state index contributed by atoms with van der Waals surface area (Å²) in [6, 6.07) is 1.80. The van der Waals surface area contributed by atoms with Gasteiger partial charge >= 0.3 is 5.97 Å². The van der Waals surface area contributed by atoms with Gasteiger partial charge in [-0.1, -0.05) is 0 Å². The standard InChI is InChI=1S/C11H16N2O6S/c1-7(6-9(14)15)12-11(16)8-4-5-10(19-8)20(17,18)13(2)3/h4-5,7H,6H2,1-3H3,(H,12,16)(H,14,15). The van der Waals surface area contributed by atoms with E-state index in [0.29, 0.717) is 0 Å². The second-order valence-corrected chi connectivity index (χ2v) is 6.46. The number of amides is 1. The molecule has 20 heavy (non-hydrogen) atoms. The average molecular weight is 304 g/mol. The van der Waals surface area contributed by atoms with Crippen LogP contribution in [0.1, 0.15) is 23.9 Å². The summed E-state index contributed by atoms with van der Waals surface area (Å²) in [5.74, 6) is -1.91. The molecule has 1 heterocycles. The zero-order valence-corrected chi connectivity index (χ0v) is 12.1. The Labute approximate surface area is 116 Å². The molecule has 0 saturated carbocycles. The number of carbonyl (C=O) groups is 2. The minimum Gasteiger partial charge on any atom is -0.481 e. The van der Waals surface area contributed by atoms with Crippen molar-refractivity contribution in [2.75, 3.05) is 14.1 Å². The Balaban J connectivity index is 2.82. The van der Waals surface area contributed by atoms with Gasteiger partial charge in [0.25, 0.3) is 15.9 Å². The van der Waals surface area contributed by atoms with Crippen molar-refractivity contribution in [3.63, 3.8) is 0 Å². The van der Waals surface area contributed by atoms with Gasteiger partial charge in [0.1, 0.15) is 0 Å². The van der Waals surface area contributed by atoms with E-state index in [-0.39, 0.29) is 17.3 Å². The Morgan fingerprint density at radius 2 is 2.00 bits per heavy atom. The smallest absolute Gasteiger partial charge is 0.305 e. The largest absolute Gasteiger partial charge is 0.481 e. The van der Waals surface area contributed by atoms with E-state index in [9.17, 15) is 18.0 Å². The van der Waals surface area contributed by atoms with Crippen molar-refractivity contribution >= 4 is 21.9 Å². The van der Waals surface area contributed by atoms with Gasteiger partial charge < -0.3 is 14.8 Å². The van der Waals surface area contributed by atoms with E-state index >= 15 is 0 Å². The minimum absolute atomic E-state index is 0.192. The van der Waals surface area contributed by atoms with Crippen LogP contribution in [0, 0.1) is 0 Å². The Bertz CT molecular complexity index is 604. The Hall–Kier alpha value is -1.87. The molecule has 9 heteroatoms. The molecule has 0 spiro atoms. The van der Waals surface area contributed by atoms with Crippen molar-refractivity contribution in [2.45, 2.75) is 24.5 Å². The first-order valence-corrected chi connectivity index (χ1v) is 7.13. The van der Waals surface area contributed by atoms with Crippen LogP contribution in [0.4, 0.5) is 0 Å². The van der Waals surface area contributed by atoms with Crippen molar-refractivity contribution in [3.8, 4) is 0 Å². The van der Waals surface area contributed by atoms with Crippen LogP contribution in [0.2, 0.25) is 0 Å². The Kier molecular flexibility index (Phi) is 4.90. The highest BCUT2D eigenvalue weighted by Crippen LogP contribution is 2.16. The summed E-state index contributed by atoms with van der Waals surface area (Å²) < 4.78 is 29.5. The van der Waals surface area contributed by atoms with Crippen LogP contribution in [0.25, 0.3) is 0 Å². The summed E-state index contributed by atoms with van der Waals surface area (Å²) in [5, 5.41) is 10.6. The van der Waals surface area contributed by atoms with Crippen molar-refractivity contribution < 1.29 is 27.5 Å². The molecular formula is C11H16N2O6S. The molecule has 112 valence electrons. The number of carbonyl (C=O) groups excluding carboxylic acids is 1. The molecule has 1 atom stereocenters. The molecule has 0 saturated heterocycles. The minimum atomic E-state index is -3.74. The van der Waals surface area contributed by atoms with Crippen LogP contribution in [-0.4, -0.2) is 49.8 Å². The highest BCUT2D eigenvalue weighted by atomic mass is 32.2. The van der Waals surface area contributed by atoms with Crippen molar-refractivity contribution in [2.24, 2.45) is 0 Å². The number of hydrogen-bond acceptors (Lipinski definition) is 5. The third-order valence-corrected chi connectivity index (χ3v) is 4.09. The van der Waals surface area contributed by atoms with Gasteiger partial charge in [0, 0.05) is 20.1 Å². The Morgan fingerprint density at radius 3 is 2.50 bits per heavy atom. The Morgan fingerprint density at radius 1 is 1.40 bits per heavy atom. The van der Waals surface area contributed by atoms with Crippen LogP contribution >= 0.6 is 0 Å². The lowest BCUT2D eigenvalue weighted by Gasteiger charge is -2.10. The second-order valence-electron chi connectivity index (χ2n) is 4.38. The van der Waals surface area contributed by atoms with Crippen LogP contribution in [-0.2, 0) is 14.8 Å². The monoisotopic (exact) mass is 304 g/mol. The summed E-state index contributed by atoms with van der Waals surface area (Å²) in [6.45, 7) is 1.52. The molecule has 1 rings (SSSR count). The van der Waals surface area contributed by atoms with Crippen molar-refractivity contribution in [3.05, 3.63) is 17.9 Å². The van der Waals surface area contributed by atoms with Crippen molar-refractivity contribution in [1.82, 2.24) is 9.62 Å². The van der Waals surface area contributed by atoms with Gasteiger partial charge in [0.05, 0.1) is 6.42 Å². The molecular weight excluding hydrogens is 288 g/mol. The predicted octanol–water partition coefficient (Wildman–Crippen LogP) is 0.123. The van der Waals surface area contributed by atoms with Gasteiger partial charge in [-0.05, 0) is 19.1 Å². The third kappa shape index (κ3) is 3.81. The molecule has 1 amide bonds. The molecule has 0 bridgehead atoms. The summed E-state index contributed by atoms with van der Waals surface area (Å²) in [6.07, 6.45) is -0.241. The molecule has 2 N–H and O–H groups in total. The van der Waals surface area contributed by atoms with E-state index in [0.717, 1.165) is 4.31 Å². The van der Waals surface area contributed by atoms with Gasteiger partial charge in [-0.15, -0.1) is 0 Å². The normalized spacial score (nSPS) is 13.2. The third-order valence-electron chi connectivity index (χ3n) is 2.40. The fourth-order valence-electron chi connectivity index (χ4n) is 1.37. The zero-order chi connectivity index (χ0) is 15.5. The number of carboxylic acids is 1. The first kappa shape index (κ1) is 16.2. The predicted molar refractivity (Wildman–Crippen MR) is 68.8 cm³/mol. The number of rotatable bonds is 6. The zero-order valence-electron chi connectivity index (χ0n) is 11.3. The fraction of sp³-hybridized carbons (Fsp3) is 0.455. The lowest BCUT2D eigenvalue weighted by Crippen LogP contribution is -2.33. The average Bonchev–Trinajstić information content (AvgIpc) is 2.76. The number of nitrogens with zero attached hydrogens (tertiary/aromatic N) is 1. The number of hydrogen-bond donors (Lipinski definition) is 2. The molecule has 8 nitrogen and oxygen atoms in total. The lowest BCUT2D eigenvalue weighted by molar-refractivity contribution is -0.137. The van der Waals surface area contributed by atoms with E-state index in [1.54, 1.807) is 0 Å². The van der Waals surface area contributed by atoms with E-state index in [1.807, 2.05) is 0 Å². The number of aliphatic carboxylic acids is 1. The number of carboxylic acid groups (broad SMARTS) is 1. The first-order valence-electron chi connectivity index (χ1n) is 5.69. The molecule has 1 unspecified atom stereocenters. The van der Waals surface area contributed by atoms with Crippen molar-refractivity contribution in [1.29, 1.82) is 0 Å². The molecule has 0 aliphatic rings. The summed E-state index contributed by atoms with van der Waals surface area (Å²) in [7, 11) is -1.06. The van der Waals surface area contributed by atoms with Gasteiger partial charge in [0.15, 0.2) is 5.76 Å². The van der Waals surface area contributed by atoms with Gasteiger partial charge in [-0.25, -0.2) is 12.7 Å². The SMILES string of the molecule is CC(CC(=O)O)NC(=O)c1ccc(S(=O)(=O)N(C)C)o1. The molecule has 0 aromatic carbocycles. The summed E-state index contributed by atoms with van der Waals surface area (Å²) in [5.41, 5.74) is 0. The maximum Gasteiger partial charge on any atom is 0.305 e. The maximum absolute atomic E-state index is 11.8. The molecule has 0 aliphatic heterocycles. The molecule has 0 radical (unpaired) electrons. The molecule has 0 fully saturated rings. The first-order chi connectivity index (χ1) is 9.14. The maximum atomic E-state index is 11.8. The van der Waals surface area contributed by atoms with Gasteiger partial charge in [-0.2, -0.15) is 0 Å². The highest BCUT2D eigenvalue weighted by molar-refractivity contribution is 7.88. The van der Waals surface area contributed by atoms with Crippen LogP contribution < -0.4 is 5.32 Å². The number of furan rings is 1. The molecule has 1 aromatic heterocycles. The summed E-state index contributed by atoms with van der Waals surface area (Å²) >= 11 is 0. The van der Waals surface area contributed by atoms with Gasteiger partial charge in [-0.3, -0.25) is 9.59 Å². The van der Waals surface area contributed by atoms with E-state index < -0.39 is 27.9 Å². The highest BCUT2D eigenvalue weighted by Gasteiger charge is 2.24.